The smallest absolute Gasteiger partial charge is 0.258 e. The largest absolute Gasteiger partial charge is 0.334 e. The zero-order chi connectivity index (χ0) is 19.5. The van der Waals surface area contributed by atoms with Crippen LogP contribution in [0.2, 0.25) is 0 Å². The number of hydrogen-bond acceptors (Lipinski definition) is 7. The fourth-order valence-corrected chi connectivity index (χ4v) is 4.42. The van der Waals surface area contributed by atoms with Gasteiger partial charge < -0.3 is 10.3 Å². The molecule has 28 heavy (non-hydrogen) atoms. The number of nitrogens with two attached hydrogens (primary N) is 1. The molecule has 5 rings (SSSR count). The molecule has 2 N–H and O–H groups in total. The Balaban J connectivity index is 1.71. The molecule has 0 saturated heterocycles. The average Bonchev–Trinajstić information content (AvgIpc) is 3.37. The van der Waals surface area contributed by atoms with Gasteiger partial charge in [-0.2, -0.15) is 10.1 Å². The molecular formula is C20H22N6OS. The van der Waals surface area contributed by atoms with Gasteiger partial charge >= 0.3 is 0 Å². The van der Waals surface area contributed by atoms with Crippen molar-refractivity contribution in [1.29, 1.82) is 0 Å². The van der Waals surface area contributed by atoms with E-state index in [0.717, 1.165) is 46.4 Å². The van der Waals surface area contributed by atoms with Crippen LogP contribution >= 0.6 is 11.3 Å². The van der Waals surface area contributed by atoms with Crippen LogP contribution in [0.1, 0.15) is 49.9 Å². The van der Waals surface area contributed by atoms with E-state index in [1.165, 1.54) is 4.88 Å². The van der Waals surface area contributed by atoms with Crippen LogP contribution < -0.4 is 5.73 Å². The van der Waals surface area contributed by atoms with Crippen molar-refractivity contribution in [3.05, 3.63) is 35.1 Å². The van der Waals surface area contributed by atoms with Crippen LogP contribution in [0.3, 0.4) is 0 Å². The van der Waals surface area contributed by atoms with Crippen molar-refractivity contribution in [2.75, 3.05) is 0 Å². The van der Waals surface area contributed by atoms with Gasteiger partial charge in [-0.3, -0.25) is 0 Å². The fourth-order valence-electron chi connectivity index (χ4n) is 3.59. The number of aromatic nitrogens is 5. The minimum Gasteiger partial charge on any atom is -0.334 e. The van der Waals surface area contributed by atoms with Gasteiger partial charge in [0, 0.05) is 10.9 Å². The third-order valence-corrected chi connectivity index (χ3v) is 6.42. The van der Waals surface area contributed by atoms with E-state index in [1.54, 1.807) is 11.3 Å². The molecule has 1 aliphatic rings. The van der Waals surface area contributed by atoms with Gasteiger partial charge in [0.05, 0.1) is 33.3 Å². The van der Waals surface area contributed by atoms with Crippen molar-refractivity contribution >= 4 is 22.4 Å². The summed E-state index contributed by atoms with van der Waals surface area (Å²) in [6.45, 7) is 6.28. The van der Waals surface area contributed by atoms with E-state index in [1.807, 2.05) is 16.9 Å². The van der Waals surface area contributed by atoms with Gasteiger partial charge in [-0.05, 0) is 58.2 Å². The van der Waals surface area contributed by atoms with Crippen LogP contribution in [0.4, 0.5) is 0 Å². The van der Waals surface area contributed by atoms with E-state index < -0.39 is 5.54 Å². The lowest BCUT2D eigenvalue weighted by atomic mass is 9.77. The number of nitrogens with zero attached hydrogens (tertiary/aromatic N) is 5. The lowest BCUT2D eigenvalue weighted by molar-refractivity contribution is 0.229. The molecule has 0 radical (unpaired) electrons. The van der Waals surface area contributed by atoms with Gasteiger partial charge in [0.2, 0.25) is 0 Å². The first-order valence-corrected chi connectivity index (χ1v) is 10.3. The summed E-state index contributed by atoms with van der Waals surface area (Å²) in [6.07, 6.45) is 4.71. The van der Waals surface area contributed by atoms with Crippen LogP contribution in [-0.4, -0.2) is 24.9 Å². The van der Waals surface area contributed by atoms with E-state index in [2.05, 4.69) is 48.1 Å². The van der Waals surface area contributed by atoms with E-state index >= 15 is 0 Å². The topological polar surface area (TPSA) is 95.6 Å². The molecule has 0 unspecified atom stereocenters. The van der Waals surface area contributed by atoms with Gasteiger partial charge in [0.1, 0.15) is 0 Å². The molecule has 8 heteroatoms. The highest BCUT2D eigenvalue weighted by Crippen LogP contribution is 2.39. The molecule has 0 spiro atoms. The molecule has 0 atom stereocenters. The maximum absolute atomic E-state index is 6.38. The summed E-state index contributed by atoms with van der Waals surface area (Å²) in [6, 6.07) is 6.40. The second-order valence-corrected chi connectivity index (χ2v) is 9.11. The summed E-state index contributed by atoms with van der Waals surface area (Å²) >= 11 is 1.71. The number of pyridine rings is 1. The maximum Gasteiger partial charge on any atom is 0.258 e. The molecule has 144 valence electrons. The van der Waals surface area contributed by atoms with E-state index in [-0.39, 0.29) is 6.04 Å². The summed E-state index contributed by atoms with van der Waals surface area (Å²) in [4.78, 5) is 11.9. The minimum atomic E-state index is -0.455. The van der Waals surface area contributed by atoms with E-state index in [9.17, 15) is 0 Å². The number of hydrogen-bond donors (Lipinski definition) is 1. The van der Waals surface area contributed by atoms with Gasteiger partial charge in [-0.25, -0.2) is 9.67 Å². The van der Waals surface area contributed by atoms with Crippen molar-refractivity contribution in [1.82, 2.24) is 24.9 Å². The first kappa shape index (κ1) is 17.5. The molecule has 4 aromatic heterocycles. The predicted octanol–water partition coefficient (Wildman–Crippen LogP) is 4.44. The Morgan fingerprint density at radius 2 is 2.07 bits per heavy atom. The first-order valence-electron chi connectivity index (χ1n) is 9.53. The highest BCUT2D eigenvalue weighted by atomic mass is 32.1. The number of fused-ring (bicyclic) bond motifs is 1. The first-order chi connectivity index (χ1) is 13.4. The molecule has 1 aliphatic carbocycles. The summed E-state index contributed by atoms with van der Waals surface area (Å²) < 4.78 is 7.57. The molecule has 4 aromatic rings. The third kappa shape index (κ3) is 2.67. The second-order valence-electron chi connectivity index (χ2n) is 7.82. The third-order valence-electron chi connectivity index (χ3n) is 5.40. The summed E-state index contributed by atoms with van der Waals surface area (Å²) in [5.41, 5.74) is 8.48. The summed E-state index contributed by atoms with van der Waals surface area (Å²) in [7, 11) is 0. The van der Waals surface area contributed by atoms with E-state index in [0.29, 0.717) is 11.7 Å². The van der Waals surface area contributed by atoms with Crippen LogP contribution in [-0.2, 0) is 5.54 Å². The van der Waals surface area contributed by atoms with Gasteiger partial charge in [0.15, 0.2) is 11.5 Å². The number of rotatable bonds is 4. The Hall–Kier alpha value is -2.58. The van der Waals surface area contributed by atoms with Crippen molar-refractivity contribution in [2.24, 2.45) is 5.73 Å². The van der Waals surface area contributed by atoms with Gasteiger partial charge in [-0.15, -0.1) is 11.3 Å². The van der Waals surface area contributed by atoms with Crippen molar-refractivity contribution in [3.8, 4) is 22.0 Å². The lowest BCUT2D eigenvalue weighted by Crippen LogP contribution is -2.44. The zero-order valence-electron chi connectivity index (χ0n) is 16.1. The molecule has 0 aromatic carbocycles. The molecule has 7 nitrogen and oxygen atoms in total. The van der Waals surface area contributed by atoms with E-state index in [4.69, 9.17) is 15.2 Å². The highest BCUT2D eigenvalue weighted by molar-refractivity contribution is 7.15. The van der Waals surface area contributed by atoms with Crippen molar-refractivity contribution in [3.63, 3.8) is 0 Å². The SMILES string of the molecule is Cc1ccc(-c2cc(-c3nc(C4(N)CCC4)no3)c3cnn(C(C)C)c3n2)s1. The van der Waals surface area contributed by atoms with Gasteiger partial charge in [0.25, 0.3) is 5.89 Å². The summed E-state index contributed by atoms with van der Waals surface area (Å²) in [5, 5.41) is 9.64. The highest BCUT2D eigenvalue weighted by Gasteiger charge is 2.39. The molecule has 1 fully saturated rings. The Kier molecular flexibility index (Phi) is 3.89. The monoisotopic (exact) mass is 394 g/mol. The molecular weight excluding hydrogens is 372 g/mol. The molecule has 1 saturated carbocycles. The average molecular weight is 395 g/mol. The number of thiophene rings is 1. The Morgan fingerprint density at radius 1 is 1.25 bits per heavy atom. The van der Waals surface area contributed by atoms with Crippen LogP contribution in [0, 0.1) is 6.92 Å². The minimum absolute atomic E-state index is 0.193. The normalized spacial score (nSPS) is 16.0. The molecule has 0 bridgehead atoms. The van der Waals surface area contributed by atoms with Crippen LogP contribution in [0.25, 0.3) is 33.1 Å². The Morgan fingerprint density at radius 3 is 2.71 bits per heavy atom. The van der Waals surface area contributed by atoms with Crippen LogP contribution in [0.5, 0.6) is 0 Å². The lowest BCUT2D eigenvalue weighted by Gasteiger charge is -2.34. The predicted molar refractivity (Wildman–Crippen MR) is 109 cm³/mol. The molecule has 4 heterocycles. The standard InChI is InChI=1S/C20H22N6OS/c1-11(2)26-17-14(10-22-26)13(9-15(23-17)16-6-5-12(3)28-16)18-24-19(25-27-18)20(21)7-4-8-20/h5-6,9-11H,4,7-8,21H2,1-3H3. The Labute approximate surface area is 166 Å². The van der Waals surface area contributed by atoms with Gasteiger partial charge in [-0.1, -0.05) is 5.16 Å². The van der Waals surface area contributed by atoms with Crippen LogP contribution in [0.15, 0.2) is 28.9 Å². The zero-order valence-corrected chi connectivity index (χ0v) is 17.0. The number of aryl methyl sites for hydroxylation is 1. The fraction of sp³-hybridized carbons (Fsp3) is 0.400. The van der Waals surface area contributed by atoms with Crippen molar-refractivity contribution in [2.45, 2.75) is 51.6 Å². The van der Waals surface area contributed by atoms with Crippen molar-refractivity contribution < 1.29 is 4.52 Å². The summed E-state index contributed by atoms with van der Waals surface area (Å²) in [5.74, 6) is 1.06. The molecule has 0 aliphatic heterocycles. The Bertz CT molecular complexity index is 1170. The second kappa shape index (κ2) is 6.22. The molecule has 0 amide bonds. The maximum atomic E-state index is 6.38. The quantitative estimate of drug-likeness (QED) is 0.550.